The molecule has 0 atom stereocenters. The van der Waals surface area contributed by atoms with Crippen LogP contribution in [0.2, 0.25) is 0 Å². The highest BCUT2D eigenvalue weighted by atomic mass is 35.5. The number of nitrogens with zero attached hydrogens (tertiary/aromatic N) is 2. The normalized spacial score (nSPS) is 20.1. The van der Waals surface area contributed by atoms with Crippen LogP contribution in [0.25, 0.3) is 0 Å². The Morgan fingerprint density at radius 2 is 1.61 bits per heavy atom. The van der Waals surface area contributed by atoms with E-state index in [2.05, 4.69) is 4.90 Å². The Hall–Kier alpha value is -0.810. The molecule has 1 saturated carbocycles. The third kappa shape index (κ3) is 7.53. The molecule has 2 fully saturated rings. The fourth-order valence-electron chi connectivity index (χ4n) is 3.60. The van der Waals surface area contributed by atoms with Gasteiger partial charge in [0, 0.05) is 39.0 Å². The van der Waals surface area contributed by atoms with Gasteiger partial charge >= 0.3 is 5.97 Å². The molecule has 2 aliphatic rings. The number of carboxylic acids is 1. The molecule has 134 valence electrons. The molecule has 1 saturated heterocycles. The van der Waals surface area contributed by atoms with Crippen molar-refractivity contribution in [3.05, 3.63) is 0 Å². The minimum Gasteiger partial charge on any atom is -0.481 e. The van der Waals surface area contributed by atoms with Crippen LogP contribution in [-0.2, 0) is 9.59 Å². The van der Waals surface area contributed by atoms with Gasteiger partial charge in [0.1, 0.15) is 0 Å². The molecule has 23 heavy (non-hydrogen) atoms. The first-order valence-electron chi connectivity index (χ1n) is 8.87. The summed E-state index contributed by atoms with van der Waals surface area (Å²) in [6.45, 7) is 4.50. The van der Waals surface area contributed by atoms with Crippen molar-refractivity contribution in [2.75, 3.05) is 32.7 Å². The van der Waals surface area contributed by atoms with Crippen LogP contribution in [-0.4, -0.2) is 59.5 Å². The summed E-state index contributed by atoms with van der Waals surface area (Å²) in [7, 11) is 0. The number of piperazine rings is 1. The van der Waals surface area contributed by atoms with E-state index in [1.54, 1.807) is 0 Å². The predicted molar refractivity (Wildman–Crippen MR) is 92.9 cm³/mol. The number of rotatable bonds is 7. The van der Waals surface area contributed by atoms with Crippen LogP contribution in [0.1, 0.15) is 57.8 Å². The molecule has 1 N–H and O–H groups in total. The number of carbonyl (C=O) groups excluding carboxylic acids is 1. The van der Waals surface area contributed by atoms with Gasteiger partial charge in [0.15, 0.2) is 0 Å². The lowest BCUT2D eigenvalue weighted by atomic mass is 9.86. The minimum atomic E-state index is -0.710. The maximum atomic E-state index is 12.4. The Balaban J connectivity index is 0.00000264. The topological polar surface area (TPSA) is 60.9 Å². The van der Waals surface area contributed by atoms with Gasteiger partial charge in [-0.25, -0.2) is 0 Å². The van der Waals surface area contributed by atoms with Crippen molar-refractivity contribution in [3.63, 3.8) is 0 Å². The number of unbranched alkanes of at least 4 members (excludes halogenated alkanes) is 1. The zero-order valence-corrected chi connectivity index (χ0v) is 14.9. The second-order valence-corrected chi connectivity index (χ2v) is 6.78. The SMILES string of the molecule is Cl.O=C(O)CCCCN1CCN(C(=O)CC2CCCCC2)CC1. The summed E-state index contributed by atoms with van der Waals surface area (Å²) in [6, 6.07) is 0. The van der Waals surface area contributed by atoms with Crippen molar-refractivity contribution >= 4 is 24.3 Å². The van der Waals surface area contributed by atoms with Gasteiger partial charge < -0.3 is 10.0 Å². The van der Waals surface area contributed by atoms with E-state index in [1.807, 2.05) is 4.90 Å². The van der Waals surface area contributed by atoms with Crippen LogP contribution < -0.4 is 0 Å². The maximum absolute atomic E-state index is 12.4. The zero-order chi connectivity index (χ0) is 15.8. The second kappa shape index (κ2) is 10.9. The third-order valence-corrected chi connectivity index (χ3v) is 5.03. The summed E-state index contributed by atoms with van der Waals surface area (Å²) in [5, 5.41) is 8.62. The molecule has 2 rings (SSSR count). The molecule has 0 bridgehead atoms. The van der Waals surface area contributed by atoms with Crippen molar-refractivity contribution in [3.8, 4) is 0 Å². The smallest absolute Gasteiger partial charge is 0.303 e. The molecule has 1 aliphatic heterocycles. The first kappa shape index (κ1) is 20.2. The monoisotopic (exact) mass is 346 g/mol. The number of halogens is 1. The van der Waals surface area contributed by atoms with Crippen molar-refractivity contribution in [1.29, 1.82) is 0 Å². The molecule has 0 aromatic heterocycles. The number of amides is 1. The first-order chi connectivity index (χ1) is 10.6. The number of hydrogen-bond donors (Lipinski definition) is 1. The lowest BCUT2D eigenvalue weighted by Crippen LogP contribution is -2.49. The molecule has 0 aromatic carbocycles. The Morgan fingerprint density at radius 1 is 0.957 bits per heavy atom. The molecule has 0 spiro atoms. The third-order valence-electron chi connectivity index (χ3n) is 5.03. The fraction of sp³-hybridized carbons (Fsp3) is 0.882. The van der Waals surface area contributed by atoms with Gasteiger partial charge in [0.05, 0.1) is 0 Å². The number of carbonyl (C=O) groups is 2. The number of carboxylic acid groups (broad SMARTS) is 1. The summed E-state index contributed by atoms with van der Waals surface area (Å²) in [5.74, 6) is 0.255. The zero-order valence-electron chi connectivity index (χ0n) is 14.0. The fourth-order valence-corrected chi connectivity index (χ4v) is 3.60. The van der Waals surface area contributed by atoms with Gasteiger partial charge in [0.2, 0.25) is 5.91 Å². The van der Waals surface area contributed by atoms with Gasteiger partial charge in [-0.05, 0) is 38.1 Å². The van der Waals surface area contributed by atoms with Crippen molar-refractivity contribution < 1.29 is 14.7 Å². The van der Waals surface area contributed by atoms with E-state index in [1.165, 1.54) is 32.1 Å². The second-order valence-electron chi connectivity index (χ2n) is 6.78. The standard InChI is InChI=1S/C17H30N2O3.ClH/c20-16(14-15-6-2-1-3-7-15)19-12-10-18(11-13-19)9-5-4-8-17(21)22;/h15H,1-14H2,(H,21,22);1H. The van der Waals surface area contributed by atoms with Gasteiger partial charge in [-0.3, -0.25) is 14.5 Å². The minimum absolute atomic E-state index is 0. The van der Waals surface area contributed by atoms with Crippen LogP contribution in [0, 0.1) is 5.92 Å². The Labute approximate surface area is 145 Å². The van der Waals surface area contributed by atoms with E-state index in [4.69, 9.17) is 5.11 Å². The van der Waals surface area contributed by atoms with E-state index in [9.17, 15) is 9.59 Å². The predicted octanol–water partition coefficient (Wildman–Crippen LogP) is 2.78. The van der Waals surface area contributed by atoms with Crippen molar-refractivity contribution in [2.45, 2.75) is 57.8 Å². The Morgan fingerprint density at radius 3 is 2.22 bits per heavy atom. The highest BCUT2D eigenvalue weighted by Gasteiger charge is 2.24. The lowest BCUT2D eigenvalue weighted by Gasteiger charge is -2.35. The van der Waals surface area contributed by atoms with Crippen LogP contribution >= 0.6 is 12.4 Å². The van der Waals surface area contributed by atoms with Gasteiger partial charge in [-0.2, -0.15) is 0 Å². The highest BCUT2D eigenvalue weighted by molar-refractivity contribution is 5.85. The lowest BCUT2D eigenvalue weighted by molar-refractivity contribution is -0.137. The molecule has 0 aromatic rings. The molecule has 0 unspecified atom stereocenters. The molecular weight excluding hydrogens is 316 g/mol. The Bertz CT molecular complexity index is 365. The molecule has 0 radical (unpaired) electrons. The van der Waals surface area contributed by atoms with Crippen LogP contribution in [0.3, 0.4) is 0 Å². The van der Waals surface area contributed by atoms with Crippen LogP contribution in [0.4, 0.5) is 0 Å². The summed E-state index contributed by atoms with van der Waals surface area (Å²) in [5.41, 5.74) is 0. The summed E-state index contributed by atoms with van der Waals surface area (Å²) < 4.78 is 0. The average Bonchev–Trinajstić information content (AvgIpc) is 2.53. The molecule has 5 nitrogen and oxygen atoms in total. The van der Waals surface area contributed by atoms with Gasteiger partial charge in [-0.1, -0.05) is 19.3 Å². The van der Waals surface area contributed by atoms with E-state index in [0.29, 0.717) is 11.8 Å². The average molecular weight is 347 g/mol. The van der Waals surface area contributed by atoms with Crippen molar-refractivity contribution in [2.24, 2.45) is 5.92 Å². The van der Waals surface area contributed by atoms with Crippen LogP contribution in [0.5, 0.6) is 0 Å². The maximum Gasteiger partial charge on any atom is 0.303 e. The summed E-state index contributed by atoms with van der Waals surface area (Å²) in [6.07, 6.45) is 9.08. The van der Waals surface area contributed by atoms with E-state index in [-0.39, 0.29) is 18.8 Å². The van der Waals surface area contributed by atoms with Gasteiger partial charge in [0.25, 0.3) is 0 Å². The number of hydrogen-bond acceptors (Lipinski definition) is 3. The largest absolute Gasteiger partial charge is 0.481 e. The van der Waals surface area contributed by atoms with Crippen molar-refractivity contribution in [1.82, 2.24) is 9.80 Å². The molecule has 1 amide bonds. The van der Waals surface area contributed by atoms with E-state index in [0.717, 1.165) is 52.0 Å². The number of aliphatic carboxylic acids is 1. The highest BCUT2D eigenvalue weighted by Crippen LogP contribution is 2.27. The molecule has 6 heteroatoms. The molecule has 1 aliphatic carbocycles. The summed E-state index contributed by atoms with van der Waals surface area (Å²) in [4.78, 5) is 27.2. The summed E-state index contributed by atoms with van der Waals surface area (Å²) >= 11 is 0. The Kier molecular flexibility index (Phi) is 9.56. The quantitative estimate of drug-likeness (QED) is 0.720. The van der Waals surface area contributed by atoms with E-state index >= 15 is 0 Å². The van der Waals surface area contributed by atoms with Crippen LogP contribution in [0.15, 0.2) is 0 Å². The molecule has 1 heterocycles. The van der Waals surface area contributed by atoms with Gasteiger partial charge in [-0.15, -0.1) is 12.4 Å². The van der Waals surface area contributed by atoms with E-state index < -0.39 is 5.97 Å². The first-order valence-corrected chi connectivity index (χ1v) is 8.87. The molecular formula is C17H31ClN2O3.